The average Bonchev–Trinajstić information content (AvgIpc) is 2.96. The maximum absolute atomic E-state index is 12.6. The van der Waals surface area contributed by atoms with Gasteiger partial charge >= 0.3 is 18.2 Å². The average molecular weight is 264 g/mol. The van der Waals surface area contributed by atoms with Gasteiger partial charge in [0.1, 0.15) is 12.1 Å². The summed E-state index contributed by atoms with van der Waals surface area (Å²) in [6.45, 7) is -1.12. The zero-order valence-corrected chi connectivity index (χ0v) is 9.25. The van der Waals surface area contributed by atoms with Crippen LogP contribution in [0.3, 0.4) is 0 Å². The van der Waals surface area contributed by atoms with Crippen molar-refractivity contribution in [2.45, 2.75) is 24.6 Å². The van der Waals surface area contributed by atoms with E-state index in [9.17, 15) is 22.8 Å². The Balaban J connectivity index is 2.68. The molecule has 0 aliphatic heterocycles. The molecule has 0 spiro atoms. The summed E-state index contributed by atoms with van der Waals surface area (Å²) in [6.07, 6.45) is -0.0449. The molecule has 0 unspecified atom stereocenters. The minimum Gasteiger partial charge on any atom is -0.480 e. The summed E-state index contributed by atoms with van der Waals surface area (Å²) in [5, 5.41) is 10.3. The van der Waals surface area contributed by atoms with E-state index in [1.54, 1.807) is 5.32 Å². The third kappa shape index (κ3) is 3.06. The highest BCUT2D eigenvalue weighted by Crippen LogP contribution is 2.48. The van der Waals surface area contributed by atoms with Gasteiger partial charge in [-0.25, -0.2) is 4.79 Å². The lowest BCUT2D eigenvalue weighted by Gasteiger charge is -2.25. The molecule has 0 bridgehead atoms. The standard InChI is InChI=1S/C10H11F3N2O3/c1-2-5-15(6-7(16)17)8(18)14-9(3-4-9)10(11,12)13/h1H,3-6H2,(H,14,18)(H,16,17). The van der Waals surface area contributed by atoms with Gasteiger partial charge in [0.05, 0.1) is 6.54 Å². The zero-order chi connectivity index (χ0) is 14.0. The highest BCUT2D eigenvalue weighted by Gasteiger charge is 2.64. The monoisotopic (exact) mass is 264 g/mol. The highest BCUT2D eigenvalue weighted by atomic mass is 19.4. The summed E-state index contributed by atoms with van der Waals surface area (Å²) in [5.74, 6) is 0.670. The van der Waals surface area contributed by atoms with Gasteiger partial charge in [0, 0.05) is 0 Å². The van der Waals surface area contributed by atoms with Crippen LogP contribution in [0.25, 0.3) is 0 Å². The first-order valence-corrected chi connectivity index (χ1v) is 5.01. The molecule has 100 valence electrons. The van der Waals surface area contributed by atoms with Gasteiger partial charge in [-0.1, -0.05) is 5.92 Å². The van der Waals surface area contributed by atoms with E-state index in [0.717, 1.165) is 0 Å². The van der Waals surface area contributed by atoms with Gasteiger partial charge in [0.25, 0.3) is 0 Å². The van der Waals surface area contributed by atoms with E-state index >= 15 is 0 Å². The Kier molecular flexibility index (Phi) is 3.74. The number of hydrogen-bond acceptors (Lipinski definition) is 2. The lowest BCUT2D eigenvalue weighted by molar-refractivity contribution is -0.163. The number of amides is 2. The Bertz CT molecular complexity index is 396. The van der Waals surface area contributed by atoms with Gasteiger partial charge in [0.2, 0.25) is 0 Å². The normalized spacial score (nSPS) is 16.6. The molecule has 0 heterocycles. The summed E-state index contributed by atoms with van der Waals surface area (Å²) in [6, 6.07) is -1.12. The molecule has 1 aliphatic carbocycles. The van der Waals surface area contributed by atoms with E-state index in [4.69, 9.17) is 11.5 Å². The lowest BCUT2D eigenvalue weighted by Crippen LogP contribution is -2.53. The van der Waals surface area contributed by atoms with E-state index in [-0.39, 0.29) is 19.4 Å². The van der Waals surface area contributed by atoms with Crippen molar-refractivity contribution in [1.29, 1.82) is 0 Å². The Morgan fingerprint density at radius 1 is 1.44 bits per heavy atom. The topological polar surface area (TPSA) is 69.6 Å². The number of rotatable bonds is 4. The molecule has 0 aromatic heterocycles. The number of nitrogens with zero attached hydrogens (tertiary/aromatic N) is 1. The molecule has 8 heteroatoms. The predicted octanol–water partition coefficient (Wildman–Crippen LogP) is 0.811. The molecule has 0 atom stereocenters. The molecule has 1 rings (SSSR count). The fraction of sp³-hybridized carbons (Fsp3) is 0.600. The van der Waals surface area contributed by atoms with Crippen molar-refractivity contribution in [2.24, 2.45) is 0 Å². The lowest BCUT2D eigenvalue weighted by atomic mass is 10.2. The second-order valence-corrected chi connectivity index (χ2v) is 3.96. The van der Waals surface area contributed by atoms with Crippen LogP contribution >= 0.6 is 0 Å². The molecule has 1 fully saturated rings. The van der Waals surface area contributed by atoms with Crippen molar-refractivity contribution in [3.63, 3.8) is 0 Å². The second kappa shape index (κ2) is 4.76. The van der Waals surface area contributed by atoms with Gasteiger partial charge in [-0.15, -0.1) is 6.42 Å². The van der Waals surface area contributed by atoms with E-state index in [0.29, 0.717) is 4.90 Å². The number of alkyl halides is 3. The molecule has 0 aromatic carbocycles. The van der Waals surface area contributed by atoms with Crippen molar-refractivity contribution < 1.29 is 27.9 Å². The molecule has 0 aromatic rings. The van der Waals surface area contributed by atoms with E-state index in [2.05, 4.69) is 0 Å². The van der Waals surface area contributed by atoms with E-state index < -0.39 is 30.3 Å². The molecule has 0 saturated heterocycles. The fourth-order valence-corrected chi connectivity index (χ4v) is 1.36. The first-order valence-electron chi connectivity index (χ1n) is 5.01. The number of nitrogens with one attached hydrogen (secondary N) is 1. The summed E-state index contributed by atoms with van der Waals surface area (Å²) in [5.41, 5.74) is -2.23. The molecular formula is C10H11F3N2O3. The van der Waals surface area contributed by atoms with Crippen LogP contribution in [0.2, 0.25) is 0 Å². The molecule has 2 amide bonds. The smallest absolute Gasteiger partial charge is 0.411 e. The minimum absolute atomic E-state index is 0.209. The zero-order valence-electron chi connectivity index (χ0n) is 9.25. The maximum Gasteiger partial charge on any atom is 0.411 e. The van der Waals surface area contributed by atoms with Crippen molar-refractivity contribution in [2.75, 3.05) is 13.1 Å². The number of carboxylic acid groups (broad SMARTS) is 1. The van der Waals surface area contributed by atoms with Crippen molar-refractivity contribution in [1.82, 2.24) is 10.2 Å². The van der Waals surface area contributed by atoms with Gasteiger partial charge in [-0.2, -0.15) is 13.2 Å². The van der Waals surface area contributed by atoms with Crippen molar-refractivity contribution in [3.05, 3.63) is 0 Å². The van der Waals surface area contributed by atoms with Crippen LogP contribution in [-0.4, -0.2) is 46.8 Å². The molecule has 2 N–H and O–H groups in total. The summed E-state index contributed by atoms with van der Waals surface area (Å²) in [4.78, 5) is 22.6. The van der Waals surface area contributed by atoms with E-state index in [1.165, 1.54) is 0 Å². The number of carbonyl (C=O) groups excluding carboxylic acids is 1. The number of hydrogen-bond donors (Lipinski definition) is 2. The Hall–Kier alpha value is -1.91. The van der Waals surface area contributed by atoms with Crippen LogP contribution in [0.15, 0.2) is 0 Å². The summed E-state index contributed by atoms with van der Waals surface area (Å²) in [7, 11) is 0. The van der Waals surface area contributed by atoms with Crippen molar-refractivity contribution >= 4 is 12.0 Å². The number of carbonyl (C=O) groups is 2. The highest BCUT2D eigenvalue weighted by molar-refractivity contribution is 5.81. The van der Waals surface area contributed by atoms with Crippen LogP contribution in [0.5, 0.6) is 0 Å². The number of carboxylic acids is 1. The second-order valence-electron chi connectivity index (χ2n) is 3.96. The van der Waals surface area contributed by atoms with Crippen LogP contribution < -0.4 is 5.32 Å². The Labute approximate surface area is 101 Å². The molecule has 18 heavy (non-hydrogen) atoms. The first-order chi connectivity index (χ1) is 8.22. The van der Waals surface area contributed by atoms with Gasteiger partial charge in [-0.3, -0.25) is 4.79 Å². The van der Waals surface area contributed by atoms with Crippen LogP contribution in [0, 0.1) is 12.3 Å². The number of terminal acetylenes is 1. The van der Waals surface area contributed by atoms with Crippen LogP contribution in [0.4, 0.5) is 18.0 Å². The van der Waals surface area contributed by atoms with Crippen molar-refractivity contribution in [3.8, 4) is 12.3 Å². The summed E-state index contributed by atoms with van der Waals surface area (Å²) < 4.78 is 37.7. The number of aliphatic carboxylic acids is 1. The number of urea groups is 1. The SMILES string of the molecule is C#CCN(CC(=O)O)C(=O)NC1(C(F)(F)F)CC1. The Morgan fingerprint density at radius 3 is 2.33 bits per heavy atom. The molecule has 1 saturated carbocycles. The van der Waals surface area contributed by atoms with Gasteiger partial charge in [0.15, 0.2) is 0 Å². The largest absolute Gasteiger partial charge is 0.480 e. The number of halogens is 3. The third-order valence-electron chi connectivity index (χ3n) is 2.53. The molecule has 1 aliphatic rings. The van der Waals surface area contributed by atoms with Gasteiger partial charge in [-0.05, 0) is 12.8 Å². The summed E-state index contributed by atoms with van der Waals surface area (Å²) >= 11 is 0. The van der Waals surface area contributed by atoms with E-state index in [1.807, 2.05) is 5.92 Å². The molecule has 5 nitrogen and oxygen atoms in total. The molecular weight excluding hydrogens is 253 g/mol. The fourth-order valence-electron chi connectivity index (χ4n) is 1.36. The van der Waals surface area contributed by atoms with Crippen LogP contribution in [0.1, 0.15) is 12.8 Å². The van der Waals surface area contributed by atoms with Gasteiger partial charge < -0.3 is 15.3 Å². The quantitative estimate of drug-likeness (QED) is 0.738. The first kappa shape index (κ1) is 14.2. The molecule has 0 radical (unpaired) electrons. The third-order valence-corrected chi connectivity index (χ3v) is 2.53. The predicted molar refractivity (Wildman–Crippen MR) is 54.6 cm³/mol. The minimum atomic E-state index is -4.55. The Morgan fingerprint density at radius 2 is 2.00 bits per heavy atom. The maximum atomic E-state index is 12.6. The van der Waals surface area contributed by atoms with Crippen LogP contribution in [-0.2, 0) is 4.79 Å².